The second-order valence-corrected chi connectivity index (χ2v) is 4.00. The Morgan fingerprint density at radius 1 is 1.00 bits per heavy atom. The number of benzene rings is 2. The highest BCUT2D eigenvalue weighted by Crippen LogP contribution is 2.18. The van der Waals surface area contributed by atoms with Crippen LogP contribution >= 0.6 is 11.6 Å². The number of nitrogens with one attached hydrogen (secondary N) is 1. The van der Waals surface area contributed by atoms with Crippen LogP contribution in [0.25, 0.3) is 0 Å². The zero-order chi connectivity index (χ0) is 13.4. The van der Waals surface area contributed by atoms with E-state index in [-0.39, 0.29) is 0 Å². The van der Waals surface area contributed by atoms with Crippen LogP contribution in [0, 0.1) is 0 Å². The minimum Gasteiger partial charge on any atom is -0.397 e. The first-order valence-corrected chi connectivity index (χ1v) is 6.46. The second-order valence-electron chi connectivity index (χ2n) is 3.57. The lowest BCUT2D eigenvalue weighted by Gasteiger charge is -2.08. The standard InChI is InChI=1S/C13H13ClN2.C2H6/c14-11-7-5-10(6-8-11)9-16-13-4-2-1-3-12(13)15;1-2/h1-8,16H,9,15H2;1-2H3. The quantitative estimate of drug-likeness (QED) is 0.796. The molecular formula is C15H19ClN2. The first-order valence-electron chi connectivity index (χ1n) is 6.08. The van der Waals surface area contributed by atoms with Gasteiger partial charge in [0.15, 0.2) is 0 Å². The lowest BCUT2D eigenvalue weighted by molar-refractivity contribution is 1.15. The van der Waals surface area contributed by atoms with Crippen LogP contribution in [-0.4, -0.2) is 0 Å². The Bertz CT molecular complexity index is 466. The minimum atomic E-state index is 0.741. The third-order valence-corrected chi connectivity index (χ3v) is 2.61. The van der Waals surface area contributed by atoms with Crippen LogP contribution in [0.2, 0.25) is 5.02 Å². The third-order valence-electron chi connectivity index (χ3n) is 2.36. The summed E-state index contributed by atoms with van der Waals surface area (Å²) < 4.78 is 0. The van der Waals surface area contributed by atoms with Gasteiger partial charge in [-0.2, -0.15) is 0 Å². The molecular weight excluding hydrogens is 244 g/mol. The molecule has 2 nitrogen and oxygen atoms in total. The molecule has 0 atom stereocenters. The lowest BCUT2D eigenvalue weighted by Crippen LogP contribution is -2.01. The van der Waals surface area contributed by atoms with Gasteiger partial charge in [-0.15, -0.1) is 0 Å². The van der Waals surface area contributed by atoms with Crippen molar-refractivity contribution >= 4 is 23.0 Å². The average molecular weight is 263 g/mol. The molecule has 0 unspecified atom stereocenters. The van der Waals surface area contributed by atoms with Crippen LogP contribution in [0.1, 0.15) is 19.4 Å². The van der Waals surface area contributed by atoms with E-state index in [1.807, 2.05) is 62.4 Å². The van der Waals surface area contributed by atoms with Crippen molar-refractivity contribution < 1.29 is 0 Å². The number of anilines is 2. The molecule has 2 aromatic rings. The molecule has 0 bridgehead atoms. The van der Waals surface area contributed by atoms with E-state index < -0.39 is 0 Å². The zero-order valence-electron chi connectivity index (χ0n) is 10.8. The normalized spacial score (nSPS) is 9.28. The predicted molar refractivity (Wildman–Crippen MR) is 81.0 cm³/mol. The van der Waals surface area contributed by atoms with Crippen molar-refractivity contribution in [2.24, 2.45) is 0 Å². The van der Waals surface area contributed by atoms with Crippen molar-refractivity contribution in [2.75, 3.05) is 11.1 Å². The van der Waals surface area contributed by atoms with E-state index >= 15 is 0 Å². The number of nitrogens with two attached hydrogens (primary N) is 1. The number of hydrogen-bond donors (Lipinski definition) is 2. The fraction of sp³-hybridized carbons (Fsp3) is 0.200. The third kappa shape index (κ3) is 4.30. The molecule has 0 aliphatic rings. The topological polar surface area (TPSA) is 38.0 Å². The van der Waals surface area contributed by atoms with Crippen molar-refractivity contribution in [3.63, 3.8) is 0 Å². The molecule has 0 aliphatic heterocycles. The molecule has 0 fully saturated rings. The van der Waals surface area contributed by atoms with Crippen LogP contribution < -0.4 is 11.1 Å². The second kappa shape index (κ2) is 7.62. The number of nitrogen functional groups attached to an aromatic ring is 1. The van der Waals surface area contributed by atoms with Gasteiger partial charge in [-0.05, 0) is 29.8 Å². The molecule has 0 heterocycles. The van der Waals surface area contributed by atoms with Gasteiger partial charge in [0.1, 0.15) is 0 Å². The van der Waals surface area contributed by atoms with E-state index in [2.05, 4.69) is 5.32 Å². The number of halogens is 1. The maximum Gasteiger partial charge on any atom is 0.0576 e. The summed E-state index contributed by atoms with van der Waals surface area (Å²) in [5, 5.41) is 4.03. The molecule has 0 saturated heterocycles. The Balaban J connectivity index is 0.000000771. The number of hydrogen-bond acceptors (Lipinski definition) is 2. The minimum absolute atomic E-state index is 0.741. The Hall–Kier alpha value is -1.67. The molecule has 3 heteroatoms. The fourth-order valence-electron chi connectivity index (χ4n) is 1.46. The van der Waals surface area contributed by atoms with Gasteiger partial charge in [0.2, 0.25) is 0 Å². The Labute approximate surface area is 114 Å². The van der Waals surface area contributed by atoms with Crippen LogP contribution in [-0.2, 0) is 6.54 Å². The maximum atomic E-state index is 5.83. The van der Waals surface area contributed by atoms with Crippen LogP contribution in [0.3, 0.4) is 0 Å². The van der Waals surface area contributed by atoms with Gasteiger partial charge in [0.05, 0.1) is 11.4 Å². The summed E-state index contributed by atoms with van der Waals surface area (Å²) in [4.78, 5) is 0. The molecule has 0 aliphatic carbocycles. The molecule has 18 heavy (non-hydrogen) atoms. The van der Waals surface area contributed by atoms with E-state index in [1.165, 1.54) is 5.56 Å². The highest BCUT2D eigenvalue weighted by molar-refractivity contribution is 6.30. The summed E-state index contributed by atoms with van der Waals surface area (Å²) in [5.41, 5.74) is 8.72. The SMILES string of the molecule is CC.Nc1ccccc1NCc1ccc(Cl)cc1. The van der Waals surface area contributed by atoms with E-state index in [0.717, 1.165) is 22.9 Å². The van der Waals surface area contributed by atoms with E-state index in [1.54, 1.807) is 0 Å². The van der Waals surface area contributed by atoms with Gasteiger partial charge in [-0.3, -0.25) is 0 Å². The van der Waals surface area contributed by atoms with Crippen molar-refractivity contribution in [1.29, 1.82) is 0 Å². The summed E-state index contributed by atoms with van der Waals surface area (Å²) in [6, 6.07) is 15.5. The van der Waals surface area contributed by atoms with Gasteiger partial charge in [-0.1, -0.05) is 49.7 Å². The molecule has 0 spiro atoms. The molecule has 2 rings (SSSR count). The van der Waals surface area contributed by atoms with E-state index in [9.17, 15) is 0 Å². The summed E-state index contributed by atoms with van der Waals surface area (Å²) in [5.74, 6) is 0. The van der Waals surface area contributed by atoms with Gasteiger partial charge in [0, 0.05) is 11.6 Å². The van der Waals surface area contributed by atoms with Crippen LogP contribution in [0.5, 0.6) is 0 Å². The first-order chi connectivity index (χ1) is 8.75. The van der Waals surface area contributed by atoms with Crippen molar-refractivity contribution in [3.05, 3.63) is 59.1 Å². The highest BCUT2D eigenvalue weighted by atomic mass is 35.5. The van der Waals surface area contributed by atoms with Gasteiger partial charge in [-0.25, -0.2) is 0 Å². The Morgan fingerprint density at radius 2 is 1.61 bits per heavy atom. The average Bonchev–Trinajstić information content (AvgIpc) is 2.42. The molecule has 0 saturated carbocycles. The van der Waals surface area contributed by atoms with E-state index in [4.69, 9.17) is 17.3 Å². The summed E-state index contributed by atoms with van der Waals surface area (Å²) >= 11 is 5.81. The van der Waals surface area contributed by atoms with Crippen molar-refractivity contribution in [2.45, 2.75) is 20.4 Å². The van der Waals surface area contributed by atoms with Gasteiger partial charge < -0.3 is 11.1 Å². The molecule has 0 radical (unpaired) electrons. The van der Waals surface area contributed by atoms with Gasteiger partial charge >= 0.3 is 0 Å². The zero-order valence-corrected chi connectivity index (χ0v) is 11.5. The highest BCUT2D eigenvalue weighted by Gasteiger charge is 1.97. The monoisotopic (exact) mass is 262 g/mol. The molecule has 0 aromatic heterocycles. The van der Waals surface area contributed by atoms with Crippen LogP contribution in [0.15, 0.2) is 48.5 Å². The molecule has 96 valence electrons. The molecule has 3 N–H and O–H groups in total. The largest absolute Gasteiger partial charge is 0.397 e. The lowest BCUT2D eigenvalue weighted by atomic mass is 10.2. The Kier molecular flexibility index (Phi) is 6.09. The molecule has 0 amide bonds. The first kappa shape index (κ1) is 14.4. The molecule has 2 aromatic carbocycles. The summed E-state index contributed by atoms with van der Waals surface area (Å²) in [6.45, 7) is 4.74. The van der Waals surface area contributed by atoms with Crippen molar-refractivity contribution in [3.8, 4) is 0 Å². The number of para-hydroxylation sites is 2. The summed E-state index contributed by atoms with van der Waals surface area (Å²) in [6.07, 6.45) is 0. The van der Waals surface area contributed by atoms with E-state index in [0.29, 0.717) is 0 Å². The predicted octanol–water partition coefficient (Wildman–Crippen LogP) is 4.56. The van der Waals surface area contributed by atoms with Crippen molar-refractivity contribution in [1.82, 2.24) is 0 Å². The maximum absolute atomic E-state index is 5.83. The fourth-order valence-corrected chi connectivity index (χ4v) is 1.58. The number of rotatable bonds is 3. The Morgan fingerprint density at radius 3 is 2.22 bits per heavy atom. The smallest absolute Gasteiger partial charge is 0.0576 e. The van der Waals surface area contributed by atoms with Gasteiger partial charge in [0.25, 0.3) is 0 Å². The summed E-state index contributed by atoms with van der Waals surface area (Å²) in [7, 11) is 0. The van der Waals surface area contributed by atoms with Crippen LogP contribution in [0.4, 0.5) is 11.4 Å².